The molecule has 2 fully saturated rings. The largest absolute Gasteiger partial charge is 0.444 e. The standard InChI is InChI=1S/C29H33FN6O2S/c1-17-11-34(24-8-5-18(10-31)26-27(24)39-16-32-26)15-25-21-7-6-20(9-19(21)12-36(17)25)33-23-14-35(13-22(23)30)28(37)38-29(2,3)4/h5-6,8-9,16-17,22-23,33H,7,11-15H2,1-4H3/t17-,22-,23+/m1/s1. The van der Waals surface area contributed by atoms with E-state index in [1.54, 1.807) is 11.3 Å². The Bertz CT molecular complexity index is 1460. The number of anilines is 1. The number of hydrogen-bond donors (Lipinski definition) is 1. The predicted molar refractivity (Wildman–Crippen MR) is 150 cm³/mol. The zero-order valence-electron chi connectivity index (χ0n) is 22.7. The number of rotatable bonds is 3. The molecule has 39 heavy (non-hydrogen) atoms. The molecule has 8 nitrogen and oxygen atoms in total. The molecule has 0 saturated carbocycles. The van der Waals surface area contributed by atoms with Crippen molar-refractivity contribution >= 4 is 33.3 Å². The summed E-state index contributed by atoms with van der Waals surface area (Å²) < 4.78 is 21.4. The Morgan fingerprint density at radius 3 is 2.85 bits per heavy atom. The van der Waals surface area contributed by atoms with Crippen LogP contribution < -0.4 is 10.2 Å². The van der Waals surface area contributed by atoms with Crippen LogP contribution in [0.5, 0.6) is 0 Å². The van der Waals surface area contributed by atoms with Crippen LogP contribution in [0.3, 0.4) is 0 Å². The van der Waals surface area contributed by atoms with E-state index < -0.39 is 23.9 Å². The van der Waals surface area contributed by atoms with Crippen molar-refractivity contribution in [2.45, 2.75) is 58.0 Å². The van der Waals surface area contributed by atoms with Gasteiger partial charge in [0.25, 0.3) is 0 Å². The molecule has 0 unspecified atom stereocenters. The van der Waals surface area contributed by atoms with Crippen molar-refractivity contribution in [2.24, 2.45) is 0 Å². The van der Waals surface area contributed by atoms with E-state index in [2.05, 4.69) is 51.3 Å². The summed E-state index contributed by atoms with van der Waals surface area (Å²) >= 11 is 1.58. The molecule has 0 bridgehead atoms. The molecule has 0 spiro atoms. The molecule has 4 aliphatic rings. The number of nitrogens with one attached hydrogen (secondary N) is 1. The molecule has 1 aliphatic carbocycles. The SMILES string of the molecule is C[C@@H]1CN(c2ccc(C#N)c3ncsc23)CC2=C3CC=C(N[C@H]4CN(C(=O)OC(C)(C)C)C[C@H]4F)C=C3CN21. The first kappa shape index (κ1) is 25.7. The minimum Gasteiger partial charge on any atom is -0.444 e. The number of hydrogen-bond acceptors (Lipinski definition) is 8. The van der Waals surface area contributed by atoms with Crippen molar-refractivity contribution in [3.05, 3.63) is 57.9 Å². The second kappa shape index (κ2) is 9.56. The van der Waals surface area contributed by atoms with Crippen LogP contribution in [0.15, 0.2) is 52.3 Å². The highest BCUT2D eigenvalue weighted by molar-refractivity contribution is 7.17. The third-order valence-corrected chi connectivity index (χ3v) is 8.66. The molecule has 204 valence electrons. The van der Waals surface area contributed by atoms with Gasteiger partial charge in [-0.3, -0.25) is 0 Å². The van der Waals surface area contributed by atoms with E-state index in [0.29, 0.717) is 11.6 Å². The number of carbonyl (C=O) groups excluding carboxylic acids is 1. The number of thiazole rings is 1. The number of aromatic nitrogens is 1. The molecule has 2 saturated heterocycles. The quantitative estimate of drug-likeness (QED) is 0.595. The average molecular weight is 549 g/mol. The van der Waals surface area contributed by atoms with Gasteiger partial charge >= 0.3 is 6.09 Å². The molecule has 10 heteroatoms. The number of piperazine rings is 1. The smallest absolute Gasteiger partial charge is 0.410 e. The molecule has 1 aromatic heterocycles. The van der Waals surface area contributed by atoms with Crippen LogP contribution in [0.1, 0.15) is 39.7 Å². The fourth-order valence-corrected chi connectivity index (χ4v) is 6.85. The van der Waals surface area contributed by atoms with E-state index in [4.69, 9.17) is 4.74 Å². The molecule has 4 heterocycles. The van der Waals surface area contributed by atoms with Gasteiger partial charge < -0.3 is 24.8 Å². The summed E-state index contributed by atoms with van der Waals surface area (Å²) in [5.41, 5.74) is 8.57. The summed E-state index contributed by atoms with van der Waals surface area (Å²) in [5, 5.41) is 12.8. The maximum Gasteiger partial charge on any atom is 0.410 e. The third-order valence-electron chi connectivity index (χ3n) is 7.81. The van der Waals surface area contributed by atoms with Crippen molar-refractivity contribution in [3.63, 3.8) is 0 Å². The van der Waals surface area contributed by atoms with E-state index in [-0.39, 0.29) is 13.1 Å². The van der Waals surface area contributed by atoms with E-state index in [0.717, 1.165) is 47.7 Å². The molecule has 1 amide bonds. The first-order chi connectivity index (χ1) is 18.6. The fraction of sp³-hybridized carbons (Fsp3) is 0.483. The van der Waals surface area contributed by atoms with Crippen LogP contribution in [0, 0.1) is 11.3 Å². The topological polar surface area (TPSA) is 84.7 Å². The zero-order chi connectivity index (χ0) is 27.5. The lowest BCUT2D eigenvalue weighted by Gasteiger charge is -2.42. The number of allylic oxidation sites excluding steroid dienone is 2. The van der Waals surface area contributed by atoms with Crippen LogP contribution in [-0.2, 0) is 4.74 Å². The molecule has 3 atom stereocenters. The summed E-state index contributed by atoms with van der Waals surface area (Å²) in [6.07, 6.45) is 3.43. The first-order valence-electron chi connectivity index (χ1n) is 13.4. The number of carbonyl (C=O) groups is 1. The number of alkyl halides is 1. The number of ether oxygens (including phenoxy) is 1. The molecule has 1 N–H and O–H groups in total. The highest BCUT2D eigenvalue weighted by Gasteiger charge is 2.39. The molecule has 2 aromatic rings. The number of likely N-dealkylation sites (tertiary alicyclic amines) is 1. The van der Waals surface area contributed by atoms with Gasteiger partial charge in [0.15, 0.2) is 0 Å². The third kappa shape index (κ3) is 4.73. The van der Waals surface area contributed by atoms with Gasteiger partial charge in [-0.1, -0.05) is 6.08 Å². The average Bonchev–Trinajstić information content (AvgIpc) is 3.60. The van der Waals surface area contributed by atoms with Crippen LogP contribution in [0.2, 0.25) is 0 Å². The van der Waals surface area contributed by atoms with Gasteiger partial charge in [0.1, 0.15) is 23.4 Å². The Morgan fingerprint density at radius 1 is 1.26 bits per heavy atom. The zero-order valence-corrected chi connectivity index (χ0v) is 23.5. The molecule has 0 radical (unpaired) electrons. The lowest BCUT2D eigenvalue weighted by Crippen LogP contribution is -2.49. The maximum atomic E-state index is 14.9. The van der Waals surface area contributed by atoms with Crippen LogP contribution >= 0.6 is 11.3 Å². The minimum absolute atomic E-state index is 0.0369. The number of nitrogens with zero attached hydrogens (tertiary/aromatic N) is 5. The Labute approximate surface area is 232 Å². The Kier molecular flexibility index (Phi) is 6.29. The predicted octanol–water partition coefficient (Wildman–Crippen LogP) is 4.71. The van der Waals surface area contributed by atoms with Gasteiger partial charge in [0.2, 0.25) is 0 Å². The number of halogens is 1. The summed E-state index contributed by atoms with van der Waals surface area (Å²) in [7, 11) is 0. The summed E-state index contributed by atoms with van der Waals surface area (Å²) in [5.74, 6) is 0. The van der Waals surface area contributed by atoms with Gasteiger partial charge in [0.05, 0.1) is 40.6 Å². The number of amides is 1. The van der Waals surface area contributed by atoms with E-state index in [1.165, 1.54) is 21.7 Å². The Morgan fingerprint density at radius 2 is 2.08 bits per heavy atom. The van der Waals surface area contributed by atoms with Gasteiger partial charge in [-0.25, -0.2) is 14.2 Å². The number of nitriles is 1. The molecular weight excluding hydrogens is 515 g/mol. The van der Waals surface area contributed by atoms with Crippen molar-refractivity contribution < 1.29 is 13.9 Å². The van der Waals surface area contributed by atoms with Crippen LogP contribution in [-0.4, -0.2) is 77.5 Å². The normalized spacial score (nSPS) is 24.8. The minimum atomic E-state index is -1.16. The number of benzene rings is 1. The fourth-order valence-electron chi connectivity index (χ4n) is 5.99. The highest BCUT2D eigenvalue weighted by atomic mass is 32.1. The monoisotopic (exact) mass is 548 g/mol. The van der Waals surface area contributed by atoms with E-state index in [1.807, 2.05) is 32.3 Å². The van der Waals surface area contributed by atoms with E-state index >= 15 is 0 Å². The molecule has 6 rings (SSSR count). The highest BCUT2D eigenvalue weighted by Crippen LogP contribution is 2.41. The van der Waals surface area contributed by atoms with Gasteiger partial charge in [0, 0.05) is 37.1 Å². The number of fused-ring (bicyclic) bond motifs is 3. The Balaban J connectivity index is 1.18. The molecular formula is C29H33FN6O2S. The van der Waals surface area contributed by atoms with Gasteiger partial charge in [-0.2, -0.15) is 5.26 Å². The van der Waals surface area contributed by atoms with Crippen molar-refractivity contribution in [2.75, 3.05) is 37.6 Å². The summed E-state index contributed by atoms with van der Waals surface area (Å²) in [6, 6.07) is 6.03. The second-order valence-corrected chi connectivity index (χ2v) is 12.6. The summed E-state index contributed by atoms with van der Waals surface area (Å²) in [6.45, 7) is 10.5. The van der Waals surface area contributed by atoms with Crippen molar-refractivity contribution in [1.82, 2.24) is 20.1 Å². The van der Waals surface area contributed by atoms with E-state index in [9.17, 15) is 14.4 Å². The molecule has 3 aliphatic heterocycles. The summed E-state index contributed by atoms with van der Waals surface area (Å²) in [4.78, 5) is 23.2. The second-order valence-electron chi connectivity index (χ2n) is 11.7. The van der Waals surface area contributed by atoms with Crippen LogP contribution in [0.25, 0.3) is 10.2 Å². The van der Waals surface area contributed by atoms with Gasteiger partial charge in [-0.05, 0) is 63.5 Å². The molecule has 1 aromatic carbocycles. The lowest BCUT2D eigenvalue weighted by molar-refractivity contribution is 0.0282. The van der Waals surface area contributed by atoms with Crippen molar-refractivity contribution in [3.8, 4) is 6.07 Å². The van der Waals surface area contributed by atoms with Crippen molar-refractivity contribution in [1.29, 1.82) is 5.26 Å². The Hall–Kier alpha value is -3.58. The maximum absolute atomic E-state index is 14.9. The lowest BCUT2D eigenvalue weighted by atomic mass is 9.96. The van der Waals surface area contributed by atoms with Crippen LogP contribution in [0.4, 0.5) is 14.9 Å². The van der Waals surface area contributed by atoms with Gasteiger partial charge in [-0.15, -0.1) is 11.3 Å². The first-order valence-corrected chi connectivity index (χ1v) is 14.3.